The normalized spacial score (nSPS) is 10.7. The Bertz CT molecular complexity index is 136. The fourth-order valence-corrected chi connectivity index (χ4v) is 0.570. The molecule has 7 heteroatoms. The van der Waals surface area contributed by atoms with Crippen LogP contribution >= 0.6 is 0 Å². The van der Waals surface area contributed by atoms with Crippen molar-refractivity contribution >= 4 is 6.16 Å². The number of carbonyl (C=O) groups is 1. The summed E-state index contributed by atoms with van der Waals surface area (Å²) in [5.74, 6) is 0. The zero-order valence-corrected chi connectivity index (χ0v) is 8.51. The molecular weight excluding hydrogens is 196 g/mol. The first-order chi connectivity index (χ1) is 6.67. The van der Waals surface area contributed by atoms with E-state index in [2.05, 4.69) is 28.4 Å². The lowest BCUT2D eigenvalue weighted by atomic mass is 11.1. The summed E-state index contributed by atoms with van der Waals surface area (Å²) >= 11 is 0. The molecule has 14 heavy (non-hydrogen) atoms. The van der Waals surface area contributed by atoms with E-state index in [4.69, 9.17) is 0 Å². The van der Waals surface area contributed by atoms with Crippen LogP contribution in [0.1, 0.15) is 0 Å². The summed E-state index contributed by atoms with van der Waals surface area (Å²) in [7, 11) is 5.24. The van der Waals surface area contributed by atoms with Gasteiger partial charge in [0.15, 0.2) is 0 Å². The molecular formula is C7H14O7. The van der Waals surface area contributed by atoms with Crippen LogP contribution in [0, 0.1) is 0 Å². The number of rotatable bonds is 6. The maximum Gasteiger partial charge on any atom is 0.516 e. The molecule has 0 aromatic heterocycles. The number of methoxy groups -OCH3 is 4. The van der Waals surface area contributed by atoms with Crippen LogP contribution in [0.3, 0.4) is 0 Å². The molecule has 0 aromatic carbocycles. The highest BCUT2D eigenvalue weighted by atomic mass is 16.9. The molecule has 0 spiro atoms. The molecule has 0 amide bonds. The van der Waals surface area contributed by atoms with Gasteiger partial charge in [0.05, 0.1) is 0 Å². The Labute approximate surface area is 81.8 Å². The Morgan fingerprint density at radius 3 is 1.29 bits per heavy atom. The maximum absolute atomic E-state index is 10.9. The summed E-state index contributed by atoms with van der Waals surface area (Å²) in [5, 5.41) is 0. The van der Waals surface area contributed by atoms with Crippen molar-refractivity contribution in [3.63, 3.8) is 0 Å². The molecule has 0 radical (unpaired) electrons. The van der Waals surface area contributed by atoms with E-state index in [0.717, 1.165) is 0 Å². The first kappa shape index (κ1) is 13.1. The zero-order valence-electron chi connectivity index (χ0n) is 8.51. The molecule has 0 atom stereocenters. The fourth-order valence-electron chi connectivity index (χ4n) is 0.570. The molecule has 0 saturated carbocycles. The monoisotopic (exact) mass is 210 g/mol. The van der Waals surface area contributed by atoms with E-state index < -0.39 is 19.1 Å². The second kappa shape index (κ2) is 7.51. The van der Waals surface area contributed by atoms with Crippen molar-refractivity contribution in [2.24, 2.45) is 0 Å². The largest absolute Gasteiger partial charge is 0.516 e. The van der Waals surface area contributed by atoms with Gasteiger partial charge in [-0.2, -0.15) is 0 Å². The number of hydrogen-bond donors (Lipinski definition) is 0. The van der Waals surface area contributed by atoms with Gasteiger partial charge in [0, 0.05) is 28.4 Å². The molecule has 0 aliphatic heterocycles. The minimum Gasteiger partial charge on any atom is -0.378 e. The topological polar surface area (TPSA) is 72.5 Å². The summed E-state index contributed by atoms with van der Waals surface area (Å²) in [5.41, 5.74) is 0. The van der Waals surface area contributed by atoms with E-state index in [1.165, 1.54) is 28.4 Å². The standard InChI is InChI=1S/C7H14O7/c1-9-6(10-2)13-5(8)14-7(11-3)12-4/h6-7H,1-4H3. The van der Waals surface area contributed by atoms with Crippen molar-refractivity contribution in [1.29, 1.82) is 0 Å². The Morgan fingerprint density at radius 1 is 0.786 bits per heavy atom. The van der Waals surface area contributed by atoms with Crippen molar-refractivity contribution in [2.75, 3.05) is 28.4 Å². The van der Waals surface area contributed by atoms with Gasteiger partial charge in [-0.15, -0.1) is 0 Å². The second-order valence-electron chi connectivity index (χ2n) is 2.01. The van der Waals surface area contributed by atoms with E-state index in [1.807, 2.05) is 0 Å². The highest BCUT2D eigenvalue weighted by Gasteiger charge is 2.18. The lowest BCUT2D eigenvalue weighted by Gasteiger charge is -2.16. The van der Waals surface area contributed by atoms with Gasteiger partial charge in [-0.25, -0.2) is 4.79 Å². The third-order valence-corrected chi connectivity index (χ3v) is 1.15. The molecule has 0 aliphatic carbocycles. The molecule has 0 unspecified atom stereocenters. The third-order valence-electron chi connectivity index (χ3n) is 1.15. The van der Waals surface area contributed by atoms with Gasteiger partial charge in [0.1, 0.15) is 0 Å². The highest BCUT2D eigenvalue weighted by molar-refractivity contribution is 5.59. The summed E-state index contributed by atoms with van der Waals surface area (Å²) in [6.07, 6.45) is -1.02. The van der Waals surface area contributed by atoms with E-state index in [1.54, 1.807) is 0 Å². The van der Waals surface area contributed by atoms with Gasteiger partial charge >= 0.3 is 19.1 Å². The van der Waals surface area contributed by atoms with E-state index >= 15 is 0 Å². The SMILES string of the molecule is COC(OC)OC(=O)OC(OC)OC. The molecule has 0 heterocycles. The minimum absolute atomic E-state index is 1.02. The molecule has 0 fully saturated rings. The van der Waals surface area contributed by atoms with Crippen LogP contribution < -0.4 is 0 Å². The summed E-state index contributed by atoms with van der Waals surface area (Å²) in [6.45, 7) is -2.23. The lowest BCUT2D eigenvalue weighted by molar-refractivity contribution is -0.279. The third kappa shape index (κ3) is 4.97. The van der Waals surface area contributed by atoms with Gasteiger partial charge in [-0.1, -0.05) is 0 Å². The van der Waals surface area contributed by atoms with Crippen molar-refractivity contribution < 1.29 is 33.2 Å². The summed E-state index contributed by atoms with van der Waals surface area (Å²) in [6, 6.07) is 0. The quantitative estimate of drug-likeness (QED) is 0.461. The van der Waals surface area contributed by atoms with Gasteiger partial charge in [-0.05, 0) is 0 Å². The van der Waals surface area contributed by atoms with E-state index in [9.17, 15) is 4.79 Å². The molecule has 0 aliphatic rings. The zero-order chi connectivity index (χ0) is 11.0. The first-order valence-corrected chi connectivity index (χ1v) is 3.66. The van der Waals surface area contributed by atoms with E-state index in [-0.39, 0.29) is 0 Å². The van der Waals surface area contributed by atoms with Gasteiger partial charge < -0.3 is 28.4 Å². The second-order valence-corrected chi connectivity index (χ2v) is 2.01. The average molecular weight is 210 g/mol. The van der Waals surface area contributed by atoms with Crippen LogP contribution in [0.25, 0.3) is 0 Å². The molecule has 0 saturated heterocycles. The lowest BCUT2D eigenvalue weighted by Crippen LogP contribution is -2.27. The van der Waals surface area contributed by atoms with Gasteiger partial charge in [-0.3, -0.25) is 0 Å². The molecule has 0 bridgehead atoms. The summed E-state index contributed by atoms with van der Waals surface area (Å²) in [4.78, 5) is 10.9. The minimum atomic E-state index is -1.11. The molecule has 0 aromatic rings. The number of ether oxygens (including phenoxy) is 6. The summed E-state index contributed by atoms with van der Waals surface area (Å²) < 4.78 is 27.4. The van der Waals surface area contributed by atoms with Crippen molar-refractivity contribution in [3.05, 3.63) is 0 Å². The fraction of sp³-hybridized carbons (Fsp3) is 0.857. The predicted molar refractivity (Wildman–Crippen MR) is 43.2 cm³/mol. The number of carbonyl (C=O) groups excluding carboxylic acids is 1. The Morgan fingerprint density at radius 2 is 1.07 bits per heavy atom. The Balaban J connectivity index is 3.83. The predicted octanol–water partition coefficient (Wildman–Crippen LogP) is 0.292. The number of hydrogen-bond acceptors (Lipinski definition) is 7. The Kier molecular flexibility index (Phi) is 7.03. The van der Waals surface area contributed by atoms with Crippen LogP contribution in [0.5, 0.6) is 0 Å². The van der Waals surface area contributed by atoms with E-state index in [0.29, 0.717) is 0 Å². The van der Waals surface area contributed by atoms with Crippen LogP contribution in [-0.4, -0.2) is 47.5 Å². The van der Waals surface area contributed by atoms with Crippen molar-refractivity contribution in [1.82, 2.24) is 0 Å². The maximum atomic E-state index is 10.9. The molecule has 0 rings (SSSR count). The molecule has 84 valence electrons. The van der Waals surface area contributed by atoms with Crippen molar-refractivity contribution in [2.45, 2.75) is 13.0 Å². The smallest absolute Gasteiger partial charge is 0.378 e. The first-order valence-electron chi connectivity index (χ1n) is 3.66. The van der Waals surface area contributed by atoms with Gasteiger partial charge in [0.25, 0.3) is 0 Å². The average Bonchev–Trinajstić information content (AvgIpc) is 2.22. The molecule has 0 N–H and O–H groups in total. The van der Waals surface area contributed by atoms with Crippen LogP contribution in [0.2, 0.25) is 0 Å². The van der Waals surface area contributed by atoms with Crippen LogP contribution in [-0.2, 0) is 28.4 Å². The molecule has 7 nitrogen and oxygen atoms in total. The Hall–Kier alpha value is -0.890. The van der Waals surface area contributed by atoms with Crippen LogP contribution in [0.4, 0.5) is 4.79 Å². The van der Waals surface area contributed by atoms with Crippen molar-refractivity contribution in [3.8, 4) is 0 Å². The highest BCUT2D eigenvalue weighted by Crippen LogP contribution is 2.01. The van der Waals surface area contributed by atoms with Gasteiger partial charge in [0.2, 0.25) is 0 Å². The van der Waals surface area contributed by atoms with Crippen LogP contribution in [0.15, 0.2) is 0 Å².